The molecule has 8 N–H and O–H groups in total. The molecule has 0 aliphatic heterocycles. The molecule has 0 saturated carbocycles. The third-order valence-electron chi connectivity index (χ3n) is 10.2. The van der Waals surface area contributed by atoms with E-state index >= 15 is 0 Å². The molecule has 0 saturated heterocycles. The van der Waals surface area contributed by atoms with E-state index in [1.54, 1.807) is 57.4 Å². The molecule has 6 rings (SSSR count). The van der Waals surface area contributed by atoms with Crippen LogP contribution in [-0.4, -0.2) is 88.5 Å². The number of allylic oxidation sites excluding steroid dienone is 1. The minimum absolute atomic E-state index is 0.0226. The number of amides is 2. The third kappa shape index (κ3) is 5.79. The molecule has 0 fully saturated rings. The second kappa shape index (κ2) is 13.7. The number of halogens is 1. The fraction of sp³-hybridized carbons (Fsp3) is 0.316. The number of aliphatic hydroxyl groups is 3. The van der Waals surface area contributed by atoms with Crippen LogP contribution in [0.15, 0.2) is 83.3 Å². The lowest BCUT2D eigenvalue weighted by Crippen LogP contribution is -2.63. The van der Waals surface area contributed by atoms with Gasteiger partial charge in [-0.15, -0.1) is 0 Å². The van der Waals surface area contributed by atoms with Crippen LogP contribution in [0.25, 0.3) is 0 Å². The number of phenols is 1. The number of likely N-dealkylation sites (N-methyl/N-ethyl adjacent to an activating group) is 1. The molecular formula is C38H40ClN5O8. The Hall–Kier alpha value is -5.21. The Kier molecular flexibility index (Phi) is 9.66. The van der Waals surface area contributed by atoms with E-state index in [0.717, 1.165) is 5.56 Å². The Morgan fingerprint density at radius 2 is 1.62 bits per heavy atom. The summed E-state index contributed by atoms with van der Waals surface area (Å²) in [4.78, 5) is 57.7. The highest BCUT2D eigenvalue weighted by Gasteiger charge is 2.63. The zero-order valence-corrected chi connectivity index (χ0v) is 29.7. The van der Waals surface area contributed by atoms with Crippen molar-refractivity contribution < 1.29 is 39.6 Å². The van der Waals surface area contributed by atoms with E-state index in [9.17, 15) is 39.6 Å². The number of aromatic hydroxyl groups is 1. The van der Waals surface area contributed by atoms with Gasteiger partial charge in [-0.05, 0) is 49.5 Å². The molecule has 3 aromatic carbocycles. The van der Waals surface area contributed by atoms with Crippen LogP contribution in [0.1, 0.15) is 39.5 Å². The number of hydrogen-bond acceptors (Lipinski definition) is 11. The van der Waals surface area contributed by atoms with Gasteiger partial charge in [-0.3, -0.25) is 29.4 Å². The number of nitrogens with one attached hydrogen (secondary N) is 2. The van der Waals surface area contributed by atoms with Crippen LogP contribution >= 0.6 is 11.6 Å². The number of primary amides is 1. The van der Waals surface area contributed by atoms with Gasteiger partial charge in [-0.1, -0.05) is 72.3 Å². The average molecular weight is 730 g/mol. The molecule has 272 valence electrons. The highest BCUT2D eigenvalue weighted by Crippen LogP contribution is 2.55. The van der Waals surface area contributed by atoms with E-state index in [1.165, 1.54) is 4.90 Å². The van der Waals surface area contributed by atoms with Crippen LogP contribution in [0.2, 0.25) is 5.02 Å². The Morgan fingerprint density at radius 3 is 2.19 bits per heavy atom. The Bertz CT molecular complexity index is 2050. The number of carbonyl (C=O) groups excluding carboxylic acids is 4. The molecular weight excluding hydrogens is 690 g/mol. The lowest BCUT2D eigenvalue weighted by molar-refractivity contribution is -0.148. The first-order chi connectivity index (χ1) is 24.6. The topological polar surface area (TPSA) is 206 Å². The molecule has 5 atom stereocenters. The number of Topliss-reactive ketones (excluding diaryl/α,β-unsaturated/α-hetero) is 2. The molecule has 3 aromatic rings. The van der Waals surface area contributed by atoms with Gasteiger partial charge in [0.05, 0.1) is 22.3 Å². The maximum atomic E-state index is 14.5. The van der Waals surface area contributed by atoms with Gasteiger partial charge in [0, 0.05) is 32.1 Å². The first-order valence-electron chi connectivity index (χ1n) is 16.6. The smallest absolute Gasteiger partial charge is 0.255 e. The summed E-state index contributed by atoms with van der Waals surface area (Å²) in [7, 11) is 6.48. The number of phenolic OH excluding ortho intramolecular Hbond substituents is 1. The molecule has 2 amide bonds. The van der Waals surface area contributed by atoms with Gasteiger partial charge in [-0.2, -0.15) is 0 Å². The van der Waals surface area contributed by atoms with Crippen LogP contribution in [0, 0.1) is 11.8 Å². The van der Waals surface area contributed by atoms with Crippen LogP contribution in [0.5, 0.6) is 5.75 Å². The van der Waals surface area contributed by atoms with E-state index in [1.807, 2.05) is 36.4 Å². The summed E-state index contributed by atoms with van der Waals surface area (Å²) in [5.41, 5.74) is 3.10. The third-order valence-corrected chi connectivity index (χ3v) is 10.6. The van der Waals surface area contributed by atoms with Gasteiger partial charge in [0.2, 0.25) is 11.7 Å². The number of nitrogens with zero attached hydrogens (tertiary/aromatic N) is 2. The van der Waals surface area contributed by atoms with Gasteiger partial charge in [0.25, 0.3) is 5.91 Å². The van der Waals surface area contributed by atoms with Crippen molar-refractivity contribution in [3.63, 3.8) is 0 Å². The quantitative estimate of drug-likeness (QED) is 0.126. The minimum atomic E-state index is -2.79. The Morgan fingerprint density at radius 1 is 1.00 bits per heavy atom. The van der Waals surface area contributed by atoms with Crippen molar-refractivity contribution in [2.24, 2.45) is 17.6 Å². The number of carbonyl (C=O) groups is 4. The second-order valence-electron chi connectivity index (χ2n) is 13.8. The standard InChI is InChI=1S/C38H40ClN5O8/c1-43(2)29-21-15-20-16-22-30(44(3)4)33(47)25(36(40)50)35(49)38(22,52)34(48)23(20)31(45)24(21)32(46)28(26(29)39)42-37(51)27(19-13-9-6-10-14-19)41-17-18-11-7-5-8-12-18/h5-14,20,22,27,30,41,46-48,52H,15-17H2,1-4H3,(H2,40,50)(H,42,51)/t20?,22?,27?,30-,38?/m0/s1. The molecule has 3 aliphatic carbocycles. The number of nitrogens with two attached hydrogens (primary N) is 1. The number of benzene rings is 3. The van der Waals surface area contributed by atoms with Gasteiger partial charge in [-0.25, -0.2) is 0 Å². The maximum Gasteiger partial charge on any atom is 0.255 e. The minimum Gasteiger partial charge on any atom is -0.510 e. The van der Waals surface area contributed by atoms with Crippen molar-refractivity contribution in [3.05, 3.63) is 111 Å². The van der Waals surface area contributed by atoms with E-state index in [4.69, 9.17) is 17.3 Å². The fourth-order valence-corrected chi connectivity index (χ4v) is 8.35. The average Bonchev–Trinajstić information content (AvgIpc) is 3.08. The highest BCUT2D eigenvalue weighted by atomic mass is 35.5. The van der Waals surface area contributed by atoms with Crippen LogP contribution in [0.3, 0.4) is 0 Å². The highest BCUT2D eigenvalue weighted by molar-refractivity contribution is 6.38. The number of fused-ring (bicyclic) bond motifs is 3. The maximum absolute atomic E-state index is 14.5. The summed E-state index contributed by atoms with van der Waals surface area (Å²) < 4.78 is 0. The summed E-state index contributed by atoms with van der Waals surface area (Å²) in [6.07, 6.45) is -0.0594. The van der Waals surface area contributed by atoms with Gasteiger partial charge in [0.1, 0.15) is 28.8 Å². The van der Waals surface area contributed by atoms with Crippen molar-refractivity contribution in [3.8, 4) is 5.75 Å². The van der Waals surface area contributed by atoms with Crippen molar-refractivity contribution in [1.82, 2.24) is 10.2 Å². The van der Waals surface area contributed by atoms with Crippen molar-refractivity contribution in [2.75, 3.05) is 38.4 Å². The Balaban J connectivity index is 1.45. The molecule has 0 radical (unpaired) electrons. The first kappa shape index (κ1) is 36.6. The summed E-state index contributed by atoms with van der Waals surface area (Å²) >= 11 is 6.96. The van der Waals surface area contributed by atoms with Gasteiger partial charge in [0.15, 0.2) is 17.1 Å². The molecule has 3 aliphatic rings. The second-order valence-corrected chi connectivity index (χ2v) is 14.2. The number of ketones is 2. The van der Waals surface area contributed by atoms with E-state index in [0.29, 0.717) is 23.4 Å². The van der Waals surface area contributed by atoms with E-state index in [2.05, 4.69) is 10.6 Å². The molecule has 0 bridgehead atoms. The Labute approximate surface area is 305 Å². The largest absolute Gasteiger partial charge is 0.510 e. The van der Waals surface area contributed by atoms with Crippen molar-refractivity contribution >= 4 is 46.4 Å². The number of anilines is 2. The fourth-order valence-electron chi connectivity index (χ4n) is 7.93. The zero-order valence-electron chi connectivity index (χ0n) is 29.0. The lowest BCUT2D eigenvalue weighted by atomic mass is 9.58. The van der Waals surface area contributed by atoms with Gasteiger partial charge >= 0.3 is 0 Å². The monoisotopic (exact) mass is 729 g/mol. The normalized spacial score (nSPS) is 23.2. The number of rotatable bonds is 9. The summed E-state index contributed by atoms with van der Waals surface area (Å²) in [5.74, 6) is -8.42. The van der Waals surface area contributed by atoms with Crippen molar-refractivity contribution in [1.29, 1.82) is 0 Å². The molecule has 52 heavy (non-hydrogen) atoms. The molecule has 4 unspecified atom stereocenters. The summed E-state index contributed by atoms with van der Waals surface area (Å²) in [6, 6.07) is 16.3. The van der Waals surface area contributed by atoms with Crippen molar-refractivity contribution in [2.45, 2.75) is 37.1 Å². The molecule has 13 nitrogen and oxygen atoms in total. The molecule has 14 heteroatoms. The SMILES string of the molecule is CN(C)c1c(Cl)c(NC(=O)C(NCc2ccccc2)c2ccccc2)c(O)c2c1CC1CC3[C@H](N(C)C)C(O)=C(C(N)=O)C(=O)C3(O)C(O)=C1C2=O. The lowest BCUT2D eigenvalue weighted by Gasteiger charge is -2.50. The van der Waals surface area contributed by atoms with E-state index < -0.39 is 75.7 Å². The molecule has 0 spiro atoms. The summed E-state index contributed by atoms with van der Waals surface area (Å²) in [6.45, 7) is 0.329. The van der Waals surface area contributed by atoms with Crippen LogP contribution in [0.4, 0.5) is 11.4 Å². The first-order valence-corrected chi connectivity index (χ1v) is 17.0. The predicted octanol–water partition coefficient (Wildman–Crippen LogP) is 3.31. The number of hydrogen-bond donors (Lipinski definition) is 7. The van der Waals surface area contributed by atoms with Crippen LogP contribution in [-0.2, 0) is 27.3 Å². The molecule has 0 aromatic heterocycles. The predicted molar refractivity (Wildman–Crippen MR) is 194 cm³/mol. The molecule has 0 heterocycles. The van der Waals surface area contributed by atoms with Crippen LogP contribution < -0.4 is 21.3 Å². The summed E-state index contributed by atoms with van der Waals surface area (Å²) in [5, 5.41) is 52.5. The zero-order chi connectivity index (χ0) is 37.8. The van der Waals surface area contributed by atoms with E-state index in [-0.39, 0.29) is 34.7 Å². The van der Waals surface area contributed by atoms with Gasteiger partial charge < -0.3 is 36.4 Å². The number of aliphatic hydroxyl groups excluding tert-OH is 2.